The topological polar surface area (TPSA) is 54.8 Å². The maximum absolute atomic E-state index is 13.6. The lowest BCUT2D eigenvalue weighted by Gasteiger charge is -2.43. The average molecular weight is 492 g/mol. The predicted octanol–water partition coefficient (Wildman–Crippen LogP) is 5.23. The van der Waals surface area contributed by atoms with Crippen LogP contribution < -0.4 is 15.2 Å². The number of benzene rings is 3. The molecule has 0 unspecified atom stereocenters. The molecule has 37 heavy (non-hydrogen) atoms. The van der Waals surface area contributed by atoms with E-state index in [2.05, 4.69) is 35.9 Å². The van der Waals surface area contributed by atoms with Crippen molar-refractivity contribution in [3.8, 4) is 5.75 Å². The summed E-state index contributed by atoms with van der Waals surface area (Å²) in [4.78, 5) is 28.8. The Morgan fingerprint density at radius 1 is 0.892 bits per heavy atom. The molecule has 0 N–H and O–H groups in total. The van der Waals surface area contributed by atoms with E-state index in [0.29, 0.717) is 17.8 Å². The third-order valence-corrected chi connectivity index (χ3v) is 6.54. The molecule has 6 nitrogen and oxygen atoms in total. The summed E-state index contributed by atoms with van der Waals surface area (Å²) < 4.78 is 7.91. The lowest BCUT2D eigenvalue weighted by Crippen LogP contribution is -2.54. The number of fused-ring (bicyclic) bond motifs is 1. The van der Waals surface area contributed by atoms with Gasteiger partial charge in [-0.1, -0.05) is 97.6 Å². The van der Waals surface area contributed by atoms with Gasteiger partial charge in [-0.15, -0.1) is 0 Å². The molecule has 0 radical (unpaired) electrons. The van der Waals surface area contributed by atoms with E-state index in [1.807, 2.05) is 66.7 Å². The van der Waals surface area contributed by atoms with Crippen LogP contribution in [-0.4, -0.2) is 29.2 Å². The second-order valence-electron chi connectivity index (χ2n) is 9.26. The van der Waals surface area contributed by atoms with Crippen molar-refractivity contribution >= 4 is 11.5 Å². The number of carbonyl (C=O) groups excluding carboxylic acids is 1. The number of amides is 1. The summed E-state index contributed by atoms with van der Waals surface area (Å²) in [6, 6.07) is 29.6. The van der Waals surface area contributed by atoms with Gasteiger partial charge in [0.05, 0.1) is 6.04 Å². The van der Waals surface area contributed by atoms with Gasteiger partial charge in [0, 0.05) is 18.8 Å². The van der Waals surface area contributed by atoms with E-state index < -0.39 is 0 Å². The predicted molar refractivity (Wildman–Crippen MR) is 146 cm³/mol. The summed E-state index contributed by atoms with van der Waals surface area (Å²) in [5, 5.41) is 2.09. The summed E-state index contributed by atoms with van der Waals surface area (Å²) in [5.74, 6) is -0.240. The van der Waals surface area contributed by atoms with E-state index >= 15 is 0 Å². The zero-order valence-corrected chi connectivity index (χ0v) is 21.0. The zero-order valence-electron chi connectivity index (χ0n) is 21.0. The molecule has 1 aliphatic heterocycles. The fourth-order valence-electron chi connectivity index (χ4n) is 4.69. The third kappa shape index (κ3) is 4.66. The average Bonchev–Trinajstić information content (AvgIpc) is 2.92. The van der Waals surface area contributed by atoms with Crippen LogP contribution in [0.15, 0.2) is 109 Å². The highest BCUT2D eigenvalue weighted by atomic mass is 16.5. The summed E-state index contributed by atoms with van der Waals surface area (Å²) in [6.07, 6.45) is 1.72. The van der Waals surface area contributed by atoms with Crippen molar-refractivity contribution in [3.05, 3.63) is 142 Å². The minimum Gasteiger partial charge on any atom is -0.482 e. The molecule has 4 aromatic rings. The van der Waals surface area contributed by atoms with E-state index in [-0.39, 0.29) is 35.4 Å². The van der Waals surface area contributed by atoms with Crippen LogP contribution in [0.4, 0.5) is 0 Å². The van der Waals surface area contributed by atoms with Crippen LogP contribution in [0.2, 0.25) is 0 Å². The number of hydrogen-bond donors (Lipinski definition) is 0. The molecule has 0 bridgehead atoms. The highest BCUT2D eigenvalue weighted by Gasteiger charge is 2.36. The Morgan fingerprint density at radius 3 is 1.97 bits per heavy atom. The number of allylic oxidation sites excluding steroid dienone is 1. The first kappa shape index (κ1) is 24.1. The normalized spacial score (nSPS) is 13.0. The van der Waals surface area contributed by atoms with E-state index in [1.165, 1.54) is 0 Å². The number of aromatic nitrogens is 1. The van der Waals surface area contributed by atoms with Gasteiger partial charge in [-0.25, -0.2) is 0 Å². The maximum Gasteiger partial charge on any atom is 0.277 e. The van der Waals surface area contributed by atoms with Gasteiger partial charge in [-0.05, 0) is 29.2 Å². The van der Waals surface area contributed by atoms with Crippen molar-refractivity contribution in [2.24, 2.45) is 0 Å². The molecule has 0 aliphatic carbocycles. The number of pyridine rings is 1. The number of rotatable bonds is 7. The molecule has 3 aromatic carbocycles. The molecule has 0 atom stereocenters. The van der Waals surface area contributed by atoms with Crippen molar-refractivity contribution in [1.29, 1.82) is 0 Å². The summed E-state index contributed by atoms with van der Waals surface area (Å²) in [6.45, 7) is 6.30. The standard InChI is InChI=1S/C31H29N3O3/c1-22(2)26-19-33-28(30(29(26)35)37-20-23-13-7-4-8-14-23)31(36)32(3)21-34(33)27(24-15-9-5-10-16-24)25-17-11-6-12-18-25/h4-19,27H,1,20-21H2,2-3H3. The Bertz CT molecular complexity index is 1440. The van der Waals surface area contributed by atoms with Crippen LogP contribution in [0.3, 0.4) is 0 Å². The molecule has 0 saturated carbocycles. The lowest BCUT2D eigenvalue weighted by molar-refractivity contribution is 0.0723. The maximum atomic E-state index is 13.6. The van der Waals surface area contributed by atoms with Crippen LogP contribution in [0.5, 0.6) is 5.75 Å². The quantitative estimate of drug-likeness (QED) is 0.355. The monoisotopic (exact) mass is 491 g/mol. The van der Waals surface area contributed by atoms with E-state index in [0.717, 1.165) is 16.7 Å². The van der Waals surface area contributed by atoms with E-state index in [1.54, 1.807) is 29.7 Å². The molecule has 5 rings (SSSR count). The van der Waals surface area contributed by atoms with Crippen molar-refractivity contribution < 1.29 is 9.53 Å². The number of nitrogens with zero attached hydrogens (tertiary/aromatic N) is 3. The summed E-state index contributed by atoms with van der Waals surface area (Å²) in [5.41, 5.74) is 3.91. The molecule has 1 aromatic heterocycles. The van der Waals surface area contributed by atoms with Crippen molar-refractivity contribution in [2.45, 2.75) is 19.6 Å². The molecule has 0 fully saturated rings. The molecule has 186 valence electrons. The van der Waals surface area contributed by atoms with Crippen LogP contribution in [0.25, 0.3) is 5.57 Å². The first-order valence-corrected chi connectivity index (χ1v) is 12.2. The highest BCUT2D eigenvalue weighted by molar-refractivity contribution is 5.96. The zero-order chi connectivity index (χ0) is 25.9. The van der Waals surface area contributed by atoms with Gasteiger partial charge in [0.1, 0.15) is 13.3 Å². The molecule has 6 heteroatoms. The molecule has 0 spiro atoms. The second-order valence-corrected chi connectivity index (χ2v) is 9.26. The number of hydrogen-bond acceptors (Lipinski definition) is 4. The first-order chi connectivity index (χ1) is 18.0. The van der Waals surface area contributed by atoms with Gasteiger partial charge in [-0.2, -0.15) is 0 Å². The Kier molecular flexibility index (Phi) is 6.64. The Labute approximate surface area is 216 Å². The molecular formula is C31H29N3O3. The Hall–Kier alpha value is -4.58. The minimum absolute atomic E-state index is 0.0331. The van der Waals surface area contributed by atoms with Crippen molar-refractivity contribution in [2.75, 3.05) is 18.7 Å². The van der Waals surface area contributed by atoms with Gasteiger partial charge in [0.15, 0.2) is 11.4 Å². The van der Waals surface area contributed by atoms with Crippen molar-refractivity contribution in [3.63, 3.8) is 0 Å². The number of carbonyl (C=O) groups is 1. The Balaban J connectivity index is 1.72. The highest BCUT2D eigenvalue weighted by Crippen LogP contribution is 2.33. The SMILES string of the molecule is C=C(C)c1cn2c(c(OCc3ccccc3)c1=O)C(=O)N(C)CN2C(c1ccccc1)c1ccccc1. The smallest absolute Gasteiger partial charge is 0.277 e. The fraction of sp³-hybridized carbons (Fsp3) is 0.161. The minimum atomic E-state index is -0.339. The summed E-state index contributed by atoms with van der Waals surface area (Å²) in [7, 11) is 1.74. The largest absolute Gasteiger partial charge is 0.482 e. The fourth-order valence-corrected chi connectivity index (χ4v) is 4.69. The van der Waals surface area contributed by atoms with Gasteiger partial charge in [-0.3, -0.25) is 19.3 Å². The number of ether oxygens (including phenoxy) is 1. The second kappa shape index (κ2) is 10.2. The van der Waals surface area contributed by atoms with Crippen LogP contribution in [-0.2, 0) is 6.61 Å². The first-order valence-electron chi connectivity index (χ1n) is 12.2. The molecule has 2 heterocycles. The van der Waals surface area contributed by atoms with Crippen molar-refractivity contribution in [1.82, 2.24) is 9.58 Å². The molecule has 1 amide bonds. The van der Waals surface area contributed by atoms with E-state index in [4.69, 9.17) is 4.74 Å². The van der Waals surface area contributed by atoms with Gasteiger partial charge in [0.2, 0.25) is 5.43 Å². The van der Waals surface area contributed by atoms with Crippen LogP contribution >= 0.6 is 0 Å². The Morgan fingerprint density at radius 2 is 1.43 bits per heavy atom. The van der Waals surface area contributed by atoms with Gasteiger partial charge >= 0.3 is 0 Å². The van der Waals surface area contributed by atoms with E-state index in [9.17, 15) is 9.59 Å². The molecule has 0 saturated heterocycles. The van der Waals surface area contributed by atoms with Gasteiger partial charge < -0.3 is 9.64 Å². The molecule has 1 aliphatic rings. The van der Waals surface area contributed by atoms with Gasteiger partial charge in [0.25, 0.3) is 5.91 Å². The molecular weight excluding hydrogens is 462 g/mol. The third-order valence-electron chi connectivity index (χ3n) is 6.54. The lowest BCUT2D eigenvalue weighted by atomic mass is 9.98. The van der Waals surface area contributed by atoms with Crippen LogP contribution in [0.1, 0.15) is 45.7 Å². The summed E-state index contributed by atoms with van der Waals surface area (Å²) >= 11 is 0. The van der Waals surface area contributed by atoms with Crippen LogP contribution in [0, 0.1) is 0 Å².